The van der Waals surface area contributed by atoms with Crippen molar-refractivity contribution in [3.05, 3.63) is 34.9 Å². The monoisotopic (exact) mass is 270 g/mol. The smallest absolute Gasteiger partial charge is 0.329 e. The molecule has 19 heavy (non-hydrogen) atoms. The van der Waals surface area contributed by atoms with E-state index in [1.54, 1.807) is 11.0 Å². The highest BCUT2D eigenvalue weighted by atomic mass is 19.4. The minimum Gasteiger partial charge on any atom is -0.329 e. The third kappa shape index (κ3) is 1.74. The zero-order chi connectivity index (χ0) is 13.8. The van der Waals surface area contributed by atoms with E-state index in [9.17, 15) is 18.0 Å². The molecule has 0 bridgehead atoms. The van der Waals surface area contributed by atoms with Gasteiger partial charge in [-0.3, -0.25) is 4.79 Å². The lowest BCUT2D eigenvalue weighted by Crippen LogP contribution is -2.50. The lowest BCUT2D eigenvalue weighted by Gasteiger charge is -2.36. The number of halogens is 3. The van der Waals surface area contributed by atoms with Crippen molar-refractivity contribution in [3.63, 3.8) is 0 Å². The summed E-state index contributed by atoms with van der Waals surface area (Å²) in [6, 6.07) is 3.64. The predicted octanol–water partition coefficient (Wildman–Crippen LogP) is 2.19. The molecular weight excluding hydrogens is 257 g/mol. The van der Waals surface area contributed by atoms with Gasteiger partial charge in [0.15, 0.2) is 0 Å². The maximum absolute atomic E-state index is 13.0. The molecule has 2 atom stereocenters. The molecule has 1 saturated heterocycles. The molecule has 0 saturated carbocycles. The second-order valence-corrected chi connectivity index (χ2v) is 4.95. The van der Waals surface area contributed by atoms with Crippen LogP contribution < -0.4 is 5.32 Å². The number of carbonyl (C=O) groups is 1. The molecule has 6 heteroatoms. The first-order valence-corrected chi connectivity index (χ1v) is 6.15. The number of nitrogens with one attached hydrogen (secondary N) is 1. The summed E-state index contributed by atoms with van der Waals surface area (Å²) in [7, 11) is 0. The van der Waals surface area contributed by atoms with E-state index in [0.29, 0.717) is 18.7 Å². The molecule has 2 aliphatic rings. The molecule has 2 heterocycles. The van der Waals surface area contributed by atoms with Gasteiger partial charge in [-0.25, -0.2) is 0 Å². The molecule has 2 aliphatic heterocycles. The summed E-state index contributed by atoms with van der Waals surface area (Å²) in [4.78, 5) is 13.8. The van der Waals surface area contributed by atoms with Gasteiger partial charge in [0.1, 0.15) is 0 Å². The normalized spacial score (nSPS) is 26.3. The highest BCUT2D eigenvalue weighted by molar-refractivity contribution is 6.01. The maximum atomic E-state index is 13.0. The molecule has 0 radical (unpaired) electrons. The average Bonchev–Trinajstić information content (AvgIpc) is 2.64. The minimum atomic E-state index is -4.49. The summed E-state index contributed by atoms with van der Waals surface area (Å²) >= 11 is 0. The SMILES string of the molecule is C[C@H]1NCCN2C(=O)c3c(cccc3C(F)(F)F)[C@@H]12. The van der Waals surface area contributed by atoms with Crippen LogP contribution >= 0.6 is 0 Å². The van der Waals surface area contributed by atoms with Crippen molar-refractivity contribution in [2.75, 3.05) is 13.1 Å². The van der Waals surface area contributed by atoms with Crippen LogP contribution in [0.5, 0.6) is 0 Å². The van der Waals surface area contributed by atoms with E-state index < -0.39 is 17.6 Å². The van der Waals surface area contributed by atoms with Gasteiger partial charge in [0.25, 0.3) is 5.91 Å². The van der Waals surface area contributed by atoms with Crippen LogP contribution in [-0.4, -0.2) is 29.9 Å². The molecule has 1 fully saturated rings. The number of nitrogens with zero attached hydrogens (tertiary/aromatic N) is 1. The standard InChI is InChI=1S/C13H13F3N2O/c1-7-11-8-3-2-4-9(13(14,15)16)10(8)12(19)18(11)6-5-17-7/h2-4,7,11,17H,5-6H2,1H3/t7-,11-/m1/s1. The largest absolute Gasteiger partial charge is 0.417 e. The summed E-state index contributed by atoms with van der Waals surface area (Å²) in [5.41, 5.74) is -0.508. The van der Waals surface area contributed by atoms with E-state index in [1.807, 2.05) is 6.92 Å². The average molecular weight is 270 g/mol. The number of alkyl halides is 3. The van der Waals surface area contributed by atoms with Gasteiger partial charge >= 0.3 is 6.18 Å². The van der Waals surface area contributed by atoms with Crippen LogP contribution in [0.1, 0.15) is 34.5 Å². The Balaban J connectivity index is 2.18. The van der Waals surface area contributed by atoms with Crippen molar-refractivity contribution in [3.8, 4) is 0 Å². The molecule has 0 spiro atoms. The fourth-order valence-electron chi connectivity index (χ4n) is 3.03. The van der Waals surface area contributed by atoms with Crippen molar-refractivity contribution < 1.29 is 18.0 Å². The van der Waals surface area contributed by atoms with Crippen molar-refractivity contribution in [1.82, 2.24) is 10.2 Å². The zero-order valence-corrected chi connectivity index (χ0v) is 10.3. The summed E-state index contributed by atoms with van der Waals surface area (Å²) in [6.07, 6.45) is -4.49. The van der Waals surface area contributed by atoms with E-state index in [1.165, 1.54) is 6.07 Å². The van der Waals surface area contributed by atoms with Crippen LogP contribution in [0.3, 0.4) is 0 Å². The Labute approximate surface area is 108 Å². The predicted molar refractivity (Wildman–Crippen MR) is 62.7 cm³/mol. The fourth-order valence-corrected chi connectivity index (χ4v) is 3.03. The van der Waals surface area contributed by atoms with Crippen molar-refractivity contribution in [1.29, 1.82) is 0 Å². The van der Waals surface area contributed by atoms with Crippen LogP contribution in [0.15, 0.2) is 18.2 Å². The second kappa shape index (κ2) is 3.96. The summed E-state index contributed by atoms with van der Waals surface area (Å²) in [6.45, 7) is 2.94. The molecule has 3 nitrogen and oxygen atoms in total. The van der Waals surface area contributed by atoms with E-state index in [2.05, 4.69) is 5.32 Å². The van der Waals surface area contributed by atoms with E-state index in [-0.39, 0.29) is 17.6 Å². The van der Waals surface area contributed by atoms with Crippen molar-refractivity contribution in [2.45, 2.75) is 25.2 Å². The lowest BCUT2D eigenvalue weighted by molar-refractivity contribution is -0.137. The van der Waals surface area contributed by atoms with Crippen LogP contribution in [0.4, 0.5) is 13.2 Å². The number of amides is 1. The number of carbonyl (C=O) groups excluding carboxylic acids is 1. The van der Waals surface area contributed by atoms with Gasteiger partial charge in [-0.1, -0.05) is 12.1 Å². The highest BCUT2D eigenvalue weighted by Crippen LogP contribution is 2.43. The Morgan fingerprint density at radius 3 is 2.79 bits per heavy atom. The second-order valence-electron chi connectivity index (χ2n) is 4.95. The third-order valence-electron chi connectivity index (χ3n) is 3.82. The summed E-state index contributed by atoms with van der Waals surface area (Å²) in [5.74, 6) is -0.499. The minimum absolute atomic E-state index is 0.0394. The van der Waals surface area contributed by atoms with E-state index >= 15 is 0 Å². The van der Waals surface area contributed by atoms with Crippen LogP contribution in [0, 0.1) is 0 Å². The number of rotatable bonds is 0. The molecule has 1 aromatic rings. The Morgan fingerprint density at radius 2 is 2.11 bits per heavy atom. The van der Waals surface area contributed by atoms with Crippen molar-refractivity contribution in [2.24, 2.45) is 0 Å². The molecule has 102 valence electrons. The van der Waals surface area contributed by atoms with Crippen LogP contribution in [0.2, 0.25) is 0 Å². The topological polar surface area (TPSA) is 32.3 Å². The van der Waals surface area contributed by atoms with Gasteiger partial charge in [-0.2, -0.15) is 13.2 Å². The molecule has 1 amide bonds. The number of hydrogen-bond donors (Lipinski definition) is 1. The van der Waals surface area contributed by atoms with Gasteiger partial charge in [-0.15, -0.1) is 0 Å². The lowest BCUT2D eigenvalue weighted by atomic mass is 9.95. The Bertz CT molecular complexity index is 541. The van der Waals surface area contributed by atoms with E-state index in [4.69, 9.17) is 0 Å². The van der Waals surface area contributed by atoms with Gasteiger partial charge in [0.05, 0.1) is 17.2 Å². The first-order chi connectivity index (χ1) is 8.91. The first-order valence-electron chi connectivity index (χ1n) is 6.15. The summed E-state index contributed by atoms with van der Waals surface area (Å²) in [5, 5.41) is 3.20. The molecular formula is C13H13F3N2O. The Kier molecular flexibility index (Phi) is 2.60. The molecule has 0 aromatic heterocycles. The highest BCUT2D eigenvalue weighted by Gasteiger charge is 2.46. The summed E-state index contributed by atoms with van der Waals surface area (Å²) < 4.78 is 39.0. The van der Waals surface area contributed by atoms with Gasteiger partial charge in [0, 0.05) is 19.1 Å². The molecule has 0 unspecified atom stereocenters. The number of benzene rings is 1. The number of piperazine rings is 1. The van der Waals surface area contributed by atoms with Gasteiger partial charge in [0.2, 0.25) is 0 Å². The van der Waals surface area contributed by atoms with Gasteiger partial charge < -0.3 is 10.2 Å². The Hall–Kier alpha value is -1.56. The number of fused-ring (bicyclic) bond motifs is 3. The molecule has 0 aliphatic carbocycles. The van der Waals surface area contributed by atoms with Crippen molar-refractivity contribution >= 4 is 5.91 Å². The zero-order valence-electron chi connectivity index (χ0n) is 10.3. The van der Waals surface area contributed by atoms with Crippen LogP contribution in [0.25, 0.3) is 0 Å². The van der Waals surface area contributed by atoms with Crippen LogP contribution in [-0.2, 0) is 6.18 Å². The molecule has 1 N–H and O–H groups in total. The molecule has 3 rings (SSSR count). The number of hydrogen-bond acceptors (Lipinski definition) is 2. The van der Waals surface area contributed by atoms with E-state index in [0.717, 1.165) is 6.07 Å². The third-order valence-corrected chi connectivity index (χ3v) is 3.82. The van der Waals surface area contributed by atoms with Gasteiger partial charge in [-0.05, 0) is 18.6 Å². The maximum Gasteiger partial charge on any atom is 0.417 e. The Morgan fingerprint density at radius 1 is 1.37 bits per heavy atom. The quantitative estimate of drug-likeness (QED) is 0.783. The fraction of sp³-hybridized carbons (Fsp3) is 0.462. The molecule has 1 aromatic carbocycles. The first kappa shape index (κ1) is 12.5.